The Morgan fingerprint density at radius 1 is 1.14 bits per heavy atom. The molecular weight excluding hydrogens is 452 g/mol. The van der Waals surface area contributed by atoms with Gasteiger partial charge in [0, 0.05) is 5.56 Å². The van der Waals surface area contributed by atoms with Gasteiger partial charge in [0.1, 0.15) is 17.2 Å². The number of hydrogen-bond donors (Lipinski definition) is 3. The van der Waals surface area contributed by atoms with Crippen molar-refractivity contribution in [3.63, 3.8) is 0 Å². The number of phenolic OH excluding ortho intramolecular Hbond substituents is 1. The highest BCUT2D eigenvalue weighted by molar-refractivity contribution is 6.03. The largest absolute Gasteiger partial charge is 0.508 e. The molecule has 4 rings (SSSR count). The molecule has 0 saturated heterocycles. The molecule has 0 atom stereocenters. The van der Waals surface area contributed by atoms with Crippen LogP contribution in [0.4, 0.5) is 5.82 Å². The third-order valence-corrected chi connectivity index (χ3v) is 5.01. The normalized spacial score (nSPS) is 11.4. The van der Waals surface area contributed by atoms with Crippen LogP contribution in [0.2, 0.25) is 0 Å². The lowest BCUT2D eigenvalue weighted by Gasteiger charge is -2.09. The van der Waals surface area contributed by atoms with Gasteiger partial charge < -0.3 is 15.6 Å². The number of ether oxygens (including phenoxy) is 1. The first kappa shape index (κ1) is 23.4. The monoisotopic (exact) mass is 476 g/mol. The summed E-state index contributed by atoms with van der Waals surface area (Å²) in [5, 5.41) is 29.3. The molecule has 35 heavy (non-hydrogen) atoms. The van der Waals surface area contributed by atoms with E-state index >= 15 is 0 Å². The number of benzene rings is 2. The molecule has 4 aromatic rings. The number of anilines is 1. The molecule has 0 aliphatic rings. The maximum absolute atomic E-state index is 13.1. The Bertz CT molecular complexity index is 1330. The number of aromatic hydroxyl groups is 1. The lowest BCUT2D eigenvalue weighted by molar-refractivity contribution is 0.0950. The van der Waals surface area contributed by atoms with E-state index in [-0.39, 0.29) is 23.1 Å². The summed E-state index contributed by atoms with van der Waals surface area (Å²) in [6.07, 6.45) is 1.43. The second kappa shape index (κ2) is 10.5. The van der Waals surface area contributed by atoms with Crippen LogP contribution in [0.1, 0.15) is 42.7 Å². The van der Waals surface area contributed by atoms with Crippen molar-refractivity contribution < 1.29 is 19.3 Å². The van der Waals surface area contributed by atoms with E-state index in [1.54, 1.807) is 48.5 Å². The highest BCUT2D eigenvalue weighted by Crippen LogP contribution is 2.28. The summed E-state index contributed by atoms with van der Waals surface area (Å²) in [5.41, 5.74) is 10.7. The summed E-state index contributed by atoms with van der Waals surface area (Å²) >= 11 is 0. The molecule has 0 fully saturated rings. The topological polar surface area (TPSA) is 167 Å². The summed E-state index contributed by atoms with van der Waals surface area (Å²) in [7, 11) is 0. The van der Waals surface area contributed by atoms with Gasteiger partial charge in [0.25, 0.3) is 5.91 Å². The van der Waals surface area contributed by atoms with Gasteiger partial charge in [-0.15, -0.1) is 5.10 Å². The molecule has 180 valence electrons. The molecule has 0 saturated carbocycles. The predicted octanol–water partition coefficient (Wildman–Crippen LogP) is 2.94. The first-order chi connectivity index (χ1) is 17.0. The minimum Gasteiger partial charge on any atom is -0.508 e. The van der Waals surface area contributed by atoms with Crippen LogP contribution in [0.15, 0.2) is 58.3 Å². The van der Waals surface area contributed by atoms with Gasteiger partial charge in [0.2, 0.25) is 11.6 Å². The van der Waals surface area contributed by atoms with Crippen LogP contribution < -0.4 is 15.9 Å². The molecule has 0 spiro atoms. The average molecular weight is 476 g/mol. The summed E-state index contributed by atoms with van der Waals surface area (Å²) in [4.78, 5) is 13.1. The van der Waals surface area contributed by atoms with Gasteiger partial charge in [-0.3, -0.25) is 4.79 Å². The molecule has 2 aromatic heterocycles. The Labute approximate surface area is 200 Å². The van der Waals surface area contributed by atoms with Crippen molar-refractivity contribution in [3.05, 3.63) is 59.8 Å². The molecule has 12 heteroatoms. The molecule has 0 aliphatic carbocycles. The van der Waals surface area contributed by atoms with Crippen LogP contribution in [0, 0.1) is 0 Å². The van der Waals surface area contributed by atoms with E-state index in [0.717, 1.165) is 12.0 Å². The number of nitrogens with zero attached hydrogens (tertiary/aromatic N) is 6. The SMILES string of the molecule is CCCOc1ccc(-c2c(C(=O)N/N=C(\CC)c3ccc(O)cc3)nnn2-c2nonc2N)cc1. The number of hydrazone groups is 1. The van der Waals surface area contributed by atoms with Crippen molar-refractivity contribution in [2.45, 2.75) is 26.7 Å². The van der Waals surface area contributed by atoms with E-state index in [2.05, 4.69) is 31.2 Å². The fourth-order valence-electron chi connectivity index (χ4n) is 3.28. The zero-order valence-electron chi connectivity index (χ0n) is 19.2. The van der Waals surface area contributed by atoms with E-state index in [4.69, 9.17) is 15.1 Å². The smallest absolute Gasteiger partial charge is 0.294 e. The highest BCUT2D eigenvalue weighted by atomic mass is 16.6. The van der Waals surface area contributed by atoms with E-state index in [0.29, 0.717) is 35.7 Å². The standard InChI is InChI=1S/C23H24N8O4/c1-3-13-34-17-11-7-15(8-12-17)20-19(26-30-31(20)22-21(24)28-35-29-22)23(33)27-25-18(4-2)14-5-9-16(32)10-6-14/h5-12,32H,3-4,13H2,1-2H3,(H2,24,28)(H,27,33)/b25-18+. The van der Waals surface area contributed by atoms with Gasteiger partial charge in [-0.2, -0.15) is 9.78 Å². The van der Waals surface area contributed by atoms with Crippen LogP contribution in [0.3, 0.4) is 0 Å². The number of nitrogens with one attached hydrogen (secondary N) is 1. The zero-order chi connectivity index (χ0) is 24.8. The maximum Gasteiger partial charge on any atom is 0.294 e. The van der Waals surface area contributed by atoms with Crippen LogP contribution in [0.25, 0.3) is 17.1 Å². The molecule has 12 nitrogen and oxygen atoms in total. The van der Waals surface area contributed by atoms with Crippen molar-refractivity contribution in [2.24, 2.45) is 5.10 Å². The number of phenols is 1. The van der Waals surface area contributed by atoms with E-state index in [1.165, 1.54) is 4.68 Å². The summed E-state index contributed by atoms with van der Waals surface area (Å²) in [6.45, 7) is 4.52. The van der Waals surface area contributed by atoms with Gasteiger partial charge >= 0.3 is 0 Å². The first-order valence-electron chi connectivity index (χ1n) is 11.0. The fourth-order valence-corrected chi connectivity index (χ4v) is 3.28. The van der Waals surface area contributed by atoms with Crippen molar-refractivity contribution in [1.29, 1.82) is 0 Å². The van der Waals surface area contributed by atoms with Gasteiger partial charge in [-0.1, -0.05) is 19.1 Å². The number of nitrogens with two attached hydrogens (primary N) is 1. The number of amides is 1. The molecule has 0 radical (unpaired) electrons. The Morgan fingerprint density at radius 2 is 1.89 bits per heavy atom. The quantitative estimate of drug-likeness (QED) is 0.243. The lowest BCUT2D eigenvalue weighted by Crippen LogP contribution is -2.21. The van der Waals surface area contributed by atoms with Crippen molar-refractivity contribution in [1.82, 2.24) is 30.7 Å². The fraction of sp³-hybridized carbons (Fsp3) is 0.217. The third kappa shape index (κ3) is 5.11. The minimum absolute atomic E-state index is 0.000430. The van der Waals surface area contributed by atoms with Crippen LogP contribution in [-0.2, 0) is 0 Å². The summed E-state index contributed by atoms with van der Waals surface area (Å²) in [6, 6.07) is 13.7. The zero-order valence-corrected chi connectivity index (χ0v) is 19.2. The Balaban J connectivity index is 1.69. The molecule has 1 amide bonds. The Morgan fingerprint density at radius 3 is 2.51 bits per heavy atom. The van der Waals surface area contributed by atoms with Crippen LogP contribution in [-0.4, -0.2) is 48.6 Å². The second-order valence-corrected chi connectivity index (χ2v) is 7.44. The molecule has 2 aromatic carbocycles. The van der Waals surface area contributed by atoms with Gasteiger partial charge in [0.15, 0.2) is 5.69 Å². The molecule has 0 bridgehead atoms. The molecule has 2 heterocycles. The number of aromatic nitrogens is 5. The maximum atomic E-state index is 13.1. The predicted molar refractivity (Wildman–Crippen MR) is 127 cm³/mol. The van der Waals surface area contributed by atoms with Gasteiger partial charge in [0.05, 0.1) is 12.3 Å². The number of carbonyl (C=O) groups is 1. The van der Waals surface area contributed by atoms with Crippen LogP contribution in [0.5, 0.6) is 11.5 Å². The number of rotatable bonds is 9. The molecule has 0 unspecified atom stereocenters. The molecule has 0 aliphatic heterocycles. The van der Waals surface area contributed by atoms with E-state index < -0.39 is 5.91 Å². The Hall–Kier alpha value is -4.74. The minimum atomic E-state index is -0.586. The van der Waals surface area contributed by atoms with Crippen molar-refractivity contribution in [3.8, 4) is 28.6 Å². The molecule has 4 N–H and O–H groups in total. The van der Waals surface area contributed by atoms with Crippen molar-refractivity contribution >= 4 is 17.4 Å². The first-order valence-corrected chi connectivity index (χ1v) is 11.0. The van der Waals surface area contributed by atoms with Gasteiger partial charge in [-0.25, -0.2) is 10.1 Å². The summed E-state index contributed by atoms with van der Waals surface area (Å²) < 4.78 is 11.6. The Kier molecular flexibility index (Phi) is 7.00. The highest BCUT2D eigenvalue weighted by Gasteiger charge is 2.25. The van der Waals surface area contributed by atoms with E-state index in [9.17, 15) is 9.90 Å². The average Bonchev–Trinajstić information content (AvgIpc) is 3.50. The number of hydrogen-bond acceptors (Lipinski definition) is 10. The second-order valence-electron chi connectivity index (χ2n) is 7.44. The van der Waals surface area contributed by atoms with Crippen molar-refractivity contribution in [2.75, 3.05) is 12.3 Å². The number of carbonyl (C=O) groups excluding carboxylic acids is 1. The van der Waals surface area contributed by atoms with Gasteiger partial charge in [-0.05, 0) is 77.2 Å². The third-order valence-electron chi connectivity index (χ3n) is 5.01. The van der Waals surface area contributed by atoms with E-state index in [1.807, 2.05) is 13.8 Å². The number of nitrogen functional groups attached to an aromatic ring is 1. The van der Waals surface area contributed by atoms with Crippen LogP contribution >= 0.6 is 0 Å². The summed E-state index contributed by atoms with van der Waals surface area (Å²) in [5.74, 6) is 0.332. The molecular formula is C23H24N8O4. The lowest BCUT2D eigenvalue weighted by atomic mass is 10.1.